The van der Waals surface area contributed by atoms with E-state index in [2.05, 4.69) is 5.32 Å². The van der Waals surface area contributed by atoms with Gasteiger partial charge in [-0.1, -0.05) is 13.3 Å². The first kappa shape index (κ1) is 14.9. The summed E-state index contributed by atoms with van der Waals surface area (Å²) in [4.78, 5) is 21.2. The first-order chi connectivity index (χ1) is 7.66. The van der Waals surface area contributed by atoms with Crippen LogP contribution >= 0.6 is 0 Å². The molecule has 0 aliphatic carbocycles. The number of carboxylic acid groups (broad SMARTS) is 1. The number of amides is 1. The van der Waals surface area contributed by atoms with Crippen molar-refractivity contribution >= 4 is 11.9 Å². The van der Waals surface area contributed by atoms with E-state index in [1.54, 1.807) is 0 Å². The zero-order valence-electron chi connectivity index (χ0n) is 9.53. The molecule has 0 aliphatic heterocycles. The van der Waals surface area contributed by atoms with E-state index < -0.39 is 5.97 Å². The van der Waals surface area contributed by atoms with E-state index >= 15 is 0 Å². The van der Waals surface area contributed by atoms with E-state index in [1.165, 1.54) is 0 Å². The molecule has 6 nitrogen and oxygen atoms in total. The summed E-state index contributed by atoms with van der Waals surface area (Å²) in [5.41, 5.74) is 0. The molecule has 0 saturated heterocycles. The molecule has 0 rings (SSSR count). The van der Waals surface area contributed by atoms with Crippen LogP contribution in [0.5, 0.6) is 0 Å². The largest absolute Gasteiger partial charge is 0.480 e. The summed E-state index contributed by atoms with van der Waals surface area (Å²) in [6.45, 7) is 2.81. The second kappa shape index (κ2) is 10.4. The minimum Gasteiger partial charge on any atom is -0.480 e. The fourth-order valence-electron chi connectivity index (χ4n) is 0.884. The number of nitrogens with one attached hydrogen (secondary N) is 1. The lowest BCUT2D eigenvalue weighted by atomic mass is 10.4. The first-order valence-corrected chi connectivity index (χ1v) is 5.30. The number of ether oxygens (including phenoxy) is 2. The van der Waals surface area contributed by atoms with Gasteiger partial charge in [-0.15, -0.1) is 0 Å². The van der Waals surface area contributed by atoms with Crippen LogP contribution in [-0.4, -0.2) is 50.0 Å². The maximum absolute atomic E-state index is 11.1. The molecule has 0 spiro atoms. The second-order valence-electron chi connectivity index (χ2n) is 3.20. The number of hydrogen-bond donors (Lipinski definition) is 2. The molecule has 0 aliphatic rings. The maximum Gasteiger partial charge on any atom is 0.329 e. The van der Waals surface area contributed by atoms with Crippen LogP contribution in [0, 0.1) is 0 Å². The molecule has 0 aromatic heterocycles. The highest BCUT2D eigenvalue weighted by Crippen LogP contribution is 1.87. The minimum absolute atomic E-state index is 0.0406. The van der Waals surface area contributed by atoms with Gasteiger partial charge in [-0.2, -0.15) is 0 Å². The molecule has 1 amide bonds. The zero-order chi connectivity index (χ0) is 12.2. The van der Waals surface area contributed by atoms with Crippen LogP contribution in [0.15, 0.2) is 0 Å². The average molecular weight is 233 g/mol. The van der Waals surface area contributed by atoms with Gasteiger partial charge in [-0.3, -0.25) is 4.79 Å². The van der Waals surface area contributed by atoms with Crippen molar-refractivity contribution in [2.75, 3.05) is 33.0 Å². The number of carboxylic acids is 1. The number of carbonyl (C=O) groups is 2. The standard InChI is InChI=1S/C10H19NO5/c1-2-3-5-15-7-9(12)11-4-6-16-8-10(13)14/h2-8H2,1H3,(H,11,12)(H,13,14). The Labute approximate surface area is 94.9 Å². The summed E-state index contributed by atoms with van der Waals surface area (Å²) in [5.74, 6) is -1.23. The lowest BCUT2D eigenvalue weighted by Crippen LogP contribution is -2.31. The van der Waals surface area contributed by atoms with E-state index in [0.29, 0.717) is 13.2 Å². The van der Waals surface area contributed by atoms with Gasteiger partial charge in [-0.25, -0.2) is 4.79 Å². The second-order valence-corrected chi connectivity index (χ2v) is 3.20. The molecular formula is C10H19NO5. The molecule has 0 atom stereocenters. The third kappa shape index (κ3) is 10.9. The predicted molar refractivity (Wildman–Crippen MR) is 57.2 cm³/mol. The normalized spacial score (nSPS) is 10.1. The minimum atomic E-state index is -1.02. The molecule has 0 fully saturated rings. The Bertz CT molecular complexity index is 207. The van der Waals surface area contributed by atoms with Crippen molar-refractivity contribution in [1.82, 2.24) is 5.32 Å². The fourth-order valence-corrected chi connectivity index (χ4v) is 0.884. The Kier molecular flexibility index (Phi) is 9.64. The van der Waals surface area contributed by atoms with Gasteiger partial charge in [0.25, 0.3) is 0 Å². The molecule has 0 saturated carbocycles. The quantitative estimate of drug-likeness (QED) is 0.520. The van der Waals surface area contributed by atoms with Gasteiger partial charge in [0.2, 0.25) is 5.91 Å². The Morgan fingerprint density at radius 1 is 1.19 bits per heavy atom. The zero-order valence-corrected chi connectivity index (χ0v) is 9.53. The first-order valence-electron chi connectivity index (χ1n) is 5.30. The van der Waals surface area contributed by atoms with Crippen molar-refractivity contribution < 1.29 is 24.2 Å². The summed E-state index contributed by atoms with van der Waals surface area (Å²) in [6.07, 6.45) is 1.97. The average Bonchev–Trinajstić information content (AvgIpc) is 2.23. The van der Waals surface area contributed by atoms with Crippen LogP contribution in [0.1, 0.15) is 19.8 Å². The number of rotatable bonds is 10. The van der Waals surface area contributed by atoms with Crippen LogP contribution in [0.25, 0.3) is 0 Å². The number of aliphatic carboxylic acids is 1. The Balaban J connectivity index is 3.20. The molecule has 16 heavy (non-hydrogen) atoms. The smallest absolute Gasteiger partial charge is 0.329 e. The van der Waals surface area contributed by atoms with Crippen molar-refractivity contribution in [1.29, 1.82) is 0 Å². The Morgan fingerprint density at radius 2 is 1.88 bits per heavy atom. The molecule has 0 bridgehead atoms. The van der Waals surface area contributed by atoms with Gasteiger partial charge in [-0.05, 0) is 6.42 Å². The third-order valence-corrected chi connectivity index (χ3v) is 1.67. The van der Waals surface area contributed by atoms with E-state index in [9.17, 15) is 9.59 Å². The van der Waals surface area contributed by atoms with Crippen LogP contribution < -0.4 is 5.32 Å². The molecule has 0 radical (unpaired) electrons. The van der Waals surface area contributed by atoms with E-state index in [0.717, 1.165) is 12.8 Å². The lowest BCUT2D eigenvalue weighted by Gasteiger charge is -2.05. The highest BCUT2D eigenvalue weighted by molar-refractivity contribution is 5.77. The van der Waals surface area contributed by atoms with E-state index in [-0.39, 0.29) is 25.7 Å². The number of hydrogen-bond acceptors (Lipinski definition) is 4. The van der Waals surface area contributed by atoms with Crippen LogP contribution in [0.3, 0.4) is 0 Å². The van der Waals surface area contributed by atoms with Crippen molar-refractivity contribution in [3.8, 4) is 0 Å². The molecule has 6 heteroatoms. The third-order valence-electron chi connectivity index (χ3n) is 1.67. The molecule has 0 aromatic carbocycles. The Morgan fingerprint density at radius 3 is 2.50 bits per heavy atom. The van der Waals surface area contributed by atoms with Crippen molar-refractivity contribution in [2.45, 2.75) is 19.8 Å². The maximum atomic E-state index is 11.1. The van der Waals surface area contributed by atoms with Gasteiger partial charge in [0.1, 0.15) is 13.2 Å². The predicted octanol–water partition coefficient (Wildman–Crippen LogP) is 0.0205. The van der Waals surface area contributed by atoms with Gasteiger partial charge >= 0.3 is 5.97 Å². The monoisotopic (exact) mass is 233 g/mol. The number of carbonyl (C=O) groups excluding carboxylic acids is 1. The van der Waals surface area contributed by atoms with Gasteiger partial charge in [0.15, 0.2) is 0 Å². The molecule has 2 N–H and O–H groups in total. The molecule has 0 heterocycles. The van der Waals surface area contributed by atoms with Crippen LogP contribution in [0.2, 0.25) is 0 Å². The van der Waals surface area contributed by atoms with Crippen LogP contribution in [0.4, 0.5) is 0 Å². The van der Waals surface area contributed by atoms with E-state index in [1.807, 2.05) is 6.92 Å². The Hall–Kier alpha value is -1.14. The summed E-state index contributed by atoms with van der Waals surface area (Å²) < 4.78 is 9.82. The van der Waals surface area contributed by atoms with Crippen molar-refractivity contribution in [2.24, 2.45) is 0 Å². The number of unbranched alkanes of at least 4 members (excludes halogenated alkanes) is 1. The summed E-state index contributed by atoms with van der Waals surface area (Å²) in [5, 5.41) is 10.8. The van der Waals surface area contributed by atoms with Crippen LogP contribution in [-0.2, 0) is 19.1 Å². The molecule has 0 unspecified atom stereocenters. The SMILES string of the molecule is CCCCOCC(=O)NCCOCC(=O)O. The van der Waals surface area contributed by atoms with E-state index in [4.69, 9.17) is 14.6 Å². The summed E-state index contributed by atoms with van der Waals surface area (Å²) in [7, 11) is 0. The van der Waals surface area contributed by atoms with Gasteiger partial charge in [0.05, 0.1) is 6.61 Å². The molecular weight excluding hydrogens is 214 g/mol. The molecule has 94 valence electrons. The van der Waals surface area contributed by atoms with Gasteiger partial charge in [0, 0.05) is 13.2 Å². The lowest BCUT2D eigenvalue weighted by molar-refractivity contribution is -0.142. The summed E-state index contributed by atoms with van der Waals surface area (Å²) in [6, 6.07) is 0. The highest BCUT2D eigenvalue weighted by Gasteiger charge is 2.00. The molecule has 0 aromatic rings. The topological polar surface area (TPSA) is 84.9 Å². The fraction of sp³-hybridized carbons (Fsp3) is 0.800. The van der Waals surface area contributed by atoms with Gasteiger partial charge < -0.3 is 19.9 Å². The van der Waals surface area contributed by atoms with Crippen molar-refractivity contribution in [3.63, 3.8) is 0 Å². The summed E-state index contributed by atoms with van der Waals surface area (Å²) >= 11 is 0. The highest BCUT2D eigenvalue weighted by atomic mass is 16.5. The van der Waals surface area contributed by atoms with Crippen molar-refractivity contribution in [3.05, 3.63) is 0 Å².